The summed E-state index contributed by atoms with van der Waals surface area (Å²) in [4.78, 5) is 23.9. The number of hydrogen-bond acceptors (Lipinski definition) is 3. The first-order valence-corrected chi connectivity index (χ1v) is 4.32. The number of amides is 2. The van der Waals surface area contributed by atoms with Gasteiger partial charge in [0.2, 0.25) is 11.8 Å². The first-order valence-electron chi connectivity index (χ1n) is 4.32. The Morgan fingerprint density at radius 2 is 1.92 bits per heavy atom. The lowest BCUT2D eigenvalue weighted by Crippen LogP contribution is -2.55. The zero-order chi connectivity index (χ0) is 9.84. The van der Waals surface area contributed by atoms with Crippen LogP contribution in [0.1, 0.15) is 0 Å². The lowest BCUT2D eigenvalue weighted by Gasteiger charge is -2.37. The number of hydrogen-bond donors (Lipinski definition) is 2. The van der Waals surface area contributed by atoms with Crippen LogP contribution in [-0.4, -0.2) is 50.4 Å². The highest BCUT2D eigenvalue weighted by molar-refractivity contribution is 5.81. The van der Waals surface area contributed by atoms with Crippen LogP contribution in [0.4, 0.5) is 0 Å². The summed E-state index contributed by atoms with van der Waals surface area (Å²) in [7, 11) is 3.24. The van der Waals surface area contributed by atoms with Crippen LogP contribution in [0.2, 0.25) is 0 Å². The van der Waals surface area contributed by atoms with Gasteiger partial charge in [0.25, 0.3) is 0 Å². The van der Waals surface area contributed by atoms with Gasteiger partial charge in [-0.05, 0) is 0 Å². The van der Waals surface area contributed by atoms with E-state index in [0.29, 0.717) is 19.6 Å². The highest BCUT2D eigenvalue weighted by Gasteiger charge is 2.32. The molecule has 1 heterocycles. The van der Waals surface area contributed by atoms with E-state index >= 15 is 0 Å². The molecular formula is C8H15N3O2. The van der Waals surface area contributed by atoms with Crippen LogP contribution >= 0.6 is 0 Å². The van der Waals surface area contributed by atoms with Crippen molar-refractivity contribution in [1.29, 1.82) is 0 Å². The van der Waals surface area contributed by atoms with E-state index in [0.717, 1.165) is 0 Å². The van der Waals surface area contributed by atoms with Gasteiger partial charge in [-0.2, -0.15) is 0 Å². The monoisotopic (exact) mass is 185 g/mol. The van der Waals surface area contributed by atoms with Gasteiger partial charge in [0.1, 0.15) is 0 Å². The van der Waals surface area contributed by atoms with E-state index in [-0.39, 0.29) is 17.7 Å². The molecule has 5 nitrogen and oxygen atoms in total. The minimum absolute atomic E-state index is 0.00430. The summed E-state index contributed by atoms with van der Waals surface area (Å²) < 4.78 is 0. The molecule has 1 fully saturated rings. The van der Waals surface area contributed by atoms with Crippen molar-refractivity contribution in [1.82, 2.24) is 15.5 Å². The highest BCUT2D eigenvalue weighted by Crippen LogP contribution is 2.14. The summed E-state index contributed by atoms with van der Waals surface area (Å²) in [5.41, 5.74) is 0. The fourth-order valence-electron chi connectivity index (χ4n) is 1.35. The number of carbonyl (C=O) groups is 2. The molecule has 0 aromatic rings. The van der Waals surface area contributed by atoms with Crippen molar-refractivity contribution in [3.8, 4) is 0 Å². The number of nitrogens with one attached hydrogen (secondary N) is 2. The zero-order valence-electron chi connectivity index (χ0n) is 7.96. The van der Waals surface area contributed by atoms with Crippen molar-refractivity contribution in [3.63, 3.8) is 0 Å². The SMILES string of the molecule is CNC(=O)CN1CC(C(=O)NC)C1. The van der Waals surface area contributed by atoms with Crippen LogP contribution in [-0.2, 0) is 9.59 Å². The van der Waals surface area contributed by atoms with Gasteiger partial charge in [-0.25, -0.2) is 0 Å². The van der Waals surface area contributed by atoms with E-state index in [4.69, 9.17) is 0 Å². The van der Waals surface area contributed by atoms with Gasteiger partial charge >= 0.3 is 0 Å². The van der Waals surface area contributed by atoms with E-state index in [1.165, 1.54) is 0 Å². The Hall–Kier alpha value is -1.10. The zero-order valence-corrected chi connectivity index (χ0v) is 7.96. The molecule has 0 atom stereocenters. The number of likely N-dealkylation sites (tertiary alicyclic amines) is 1. The van der Waals surface area contributed by atoms with Crippen molar-refractivity contribution in [3.05, 3.63) is 0 Å². The predicted octanol–water partition coefficient (Wildman–Crippen LogP) is -1.59. The van der Waals surface area contributed by atoms with Gasteiger partial charge in [-0.15, -0.1) is 0 Å². The van der Waals surface area contributed by atoms with E-state index < -0.39 is 0 Å². The Labute approximate surface area is 77.5 Å². The number of carbonyl (C=O) groups excluding carboxylic acids is 2. The summed E-state index contributed by atoms with van der Waals surface area (Å²) in [6.45, 7) is 1.77. The fraction of sp³-hybridized carbons (Fsp3) is 0.750. The molecule has 1 aliphatic heterocycles. The fourth-order valence-corrected chi connectivity index (χ4v) is 1.35. The van der Waals surface area contributed by atoms with Crippen LogP contribution in [0.5, 0.6) is 0 Å². The molecule has 0 bridgehead atoms. The van der Waals surface area contributed by atoms with Gasteiger partial charge in [-0.1, -0.05) is 0 Å². The molecule has 0 spiro atoms. The summed E-state index contributed by atoms with van der Waals surface area (Å²) >= 11 is 0. The first-order chi connectivity index (χ1) is 6.17. The minimum atomic E-state index is -0.00430. The Bertz CT molecular complexity index is 211. The lowest BCUT2D eigenvalue weighted by molar-refractivity contribution is -0.133. The Morgan fingerprint density at radius 3 is 2.38 bits per heavy atom. The van der Waals surface area contributed by atoms with Crippen molar-refractivity contribution in [2.45, 2.75) is 0 Å². The minimum Gasteiger partial charge on any atom is -0.359 e. The average Bonchev–Trinajstić information content (AvgIpc) is 2.08. The first kappa shape index (κ1) is 9.98. The Kier molecular flexibility index (Phi) is 3.25. The molecule has 2 N–H and O–H groups in total. The highest BCUT2D eigenvalue weighted by atomic mass is 16.2. The van der Waals surface area contributed by atoms with Gasteiger partial charge in [0.15, 0.2) is 0 Å². The molecular weight excluding hydrogens is 170 g/mol. The number of nitrogens with zero attached hydrogens (tertiary/aromatic N) is 1. The summed E-state index contributed by atoms with van der Waals surface area (Å²) in [5.74, 6) is 0.123. The van der Waals surface area contributed by atoms with Crippen LogP contribution < -0.4 is 10.6 Å². The van der Waals surface area contributed by atoms with E-state index in [1.54, 1.807) is 14.1 Å². The molecule has 0 aromatic heterocycles. The summed E-state index contributed by atoms with van der Waals surface area (Å²) in [5, 5.41) is 5.13. The lowest BCUT2D eigenvalue weighted by atomic mass is 9.99. The molecule has 1 aliphatic rings. The molecule has 1 saturated heterocycles. The third-order valence-electron chi connectivity index (χ3n) is 2.22. The van der Waals surface area contributed by atoms with Crippen LogP contribution in [0, 0.1) is 5.92 Å². The van der Waals surface area contributed by atoms with Crippen molar-refractivity contribution in [2.75, 3.05) is 33.7 Å². The maximum atomic E-state index is 11.1. The topological polar surface area (TPSA) is 61.4 Å². The molecule has 13 heavy (non-hydrogen) atoms. The van der Waals surface area contributed by atoms with Crippen LogP contribution in [0.25, 0.3) is 0 Å². The van der Waals surface area contributed by atoms with Gasteiger partial charge in [-0.3, -0.25) is 14.5 Å². The molecule has 0 saturated carbocycles. The van der Waals surface area contributed by atoms with E-state index in [1.807, 2.05) is 4.90 Å². The normalized spacial score (nSPS) is 17.7. The van der Waals surface area contributed by atoms with Crippen molar-refractivity contribution >= 4 is 11.8 Å². The maximum Gasteiger partial charge on any atom is 0.233 e. The van der Waals surface area contributed by atoms with Crippen molar-refractivity contribution in [2.24, 2.45) is 5.92 Å². The third-order valence-corrected chi connectivity index (χ3v) is 2.22. The molecule has 2 amide bonds. The van der Waals surface area contributed by atoms with Gasteiger partial charge < -0.3 is 10.6 Å². The van der Waals surface area contributed by atoms with Gasteiger partial charge in [0, 0.05) is 27.2 Å². The molecule has 0 aliphatic carbocycles. The van der Waals surface area contributed by atoms with Crippen LogP contribution in [0.3, 0.4) is 0 Å². The molecule has 1 rings (SSSR count). The Morgan fingerprint density at radius 1 is 1.31 bits per heavy atom. The molecule has 0 radical (unpaired) electrons. The second-order valence-electron chi connectivity index (χ2n) is 3.18. The number of rotatable bonds is 3. The second kappa shape index (κ2) is 4.23. The van der Waals surface area contributed by atoms with E-state index in [2.05, 4.69) is 10.6 Å². The number of likely N-dealkylation sites (N-methyl/N-ethyl adjacent to an activating group) is 1. The third kappa shape index (κ3) is 2.42. The molecule has 74 valence electrons. The van der Waals surface area contributed by atoms with Gasteiger partial charge in [0.05, 0.1) is 12.5 Å². The van der Waals surface area contributed by atoms with Crippen molar-refractivity contribution < 1.29 is 9.59 Å². The predicted molar refractivity (Wildman–Crippen MR) is 48.1 cm³/mol. The second-order valence-corrected chi connectivity index (χ2v) is 3.18. The Balaban J connectivity index is 2.18. The molecule has 0 aromatic carbocycles. The maximum absolute atomic E-state index is 11.1. The smallest absolute Gasteiger partial charge is 0.233 e. The quantitative estimate of drug-likeness (QED) is 0.557. The largest absolute Gasteiger partial charge is 0.359 e. The summed E-state index contributed by atoms with van der Waals surface area (Å²) in [6.07, 6.45) is 0. The van der Waals surface area contributed by atoms with E-state index in [9.17, 15) is 9.59 Å². The molecule has 5 heteroatoms. The average molecular weight is 185 g/mol. The molecule has 0 unspecified atom stereocenters. The van der Waals surface area contributed by atoms with Crippen LogP contribution in [0.15, 0.2) is 0 Å². The standard InChI is InChI=1S/C8H15N3O2/c1-9-7(12)5-11-3-6(4-11)8(13)10-2/h6H,3-5H2,1-2H3,(H,9,12)(H,10,13). The summed E-state index contributed by atoms with van der Waals surface area (Å²) in [6, 6.07) is 0.